The summed E-state index contributed by atoms with van der Waals surface area (Å²) in [6.07, 6.45) is 0. The summed E-state index contributed by atoms with van der Waals surface area (Å²) in [6.45, 7) is 4.24. The quantitative estimate of drug-likeness (QED) is 0.405. The van der Waals surface area contributed by atoms with Gasteiger partial charge in [-0.3, -0.25) is 0 Å². The predicted molar refractivity (Wildman–Crippen MR) is 117 cm³/mol. The van der Waals surface area contributed by atoms with Crippen LogP contribution in [0.5, 0.6) is 0 Å². The Morgan fingerprint density at radius 1 is 0.519 bits per heavy atom. The topological polar surface area (TPSA) is 12.0 Å². The number of nitrogens with one attached hydrogen (secondary N) is 1. The van der Waals surface area contributed by atoms with Gasteiger partial charge in [0.2, 0.25) is 0 Å². The smallest absolute Gasteiger partial charge is 0.0470 e. The van der Waals surface area contributed by atoms with Crippen LogP contribution in [0.15, 0.2) is 97.1 Å². The number of anilines is 2. The van der Waals surface area contributed by atoms with E-state index in [9.17, 15) is 0 Å². The number of benzene rings is 4. The van der Waals surface area contributed by atoms with Crippen molar-refractivity contribution in [2.24, 2.45) is 0 Å². The summed E-state index contributed by atoms with van der Waals surface area (Å²) in [4.78, 5) is 0. The van der Waals surface area contributed by atoms with Crippen LogP contribution in [0.25, 0.3) is 22.3 Å². The van der Waals surface area contributed by atoms with Crippen LogP contribution in [-0.4, -0.2) is 0 Å². The van der Waals surface area contributed by atoms with Crippen LogP contribution in [-0.2, 0) is 0 Å². The molecule has 1 heteroatoms. The van der Waals surface area contributed by atoms with Crippen molar-refractivity contribution >= 4 is 11.4 Å². The van der Waals surface area contributed by atoms with E-state index in [1.807, 2.05) is 6.07 Å². The third-order valence-corrected chi connectivity index (χ3v) is 4.82. The van der Waals surface area contributed by atoms with Crippen LogP contribution >= 0.6 is 0 Å². The molecular weight excluding hydrogens is 326 g/mol. The van der Waals surface area contributed by atoms with Gasteiger partial charge < -0.3 is 5.32 Å². The fourth-order valence-corrected chi connectivity index (χ4v) is 3.24. The Balaban J connectivity index is 1.80. The molecule has 4 aromatic carbocycles. The van der Waals surface area contributed by atoms with Crippen molar-refractivity contribution < 1.29 is 0 Å². The number of para-hydroxylation sites is 1. The fourth-order valence-electron chi connectivity index (χ4n) is 3.24. The van der Waals surface area contributed by atoms with Crippen molar-refractivity contribution in [3.05, 3.63) is 108 Å². The lowest BCUT2D eigenvalue weighted by Crippen LogP contribution is -1.94. The highest BCUT2D eigenvalue weighted by atomic mass is 14.9. The summed E-state index contributed by atoms with van der Waals surface area (Å²) in [5.74, 6) is 0. The van der Waals surface area contributed by atoms with Crippen LogP contribution < -0.4 is 5.32 Å². The van der Waals surface area contributed by atoms with E-state index < -0.39 is 0 Å². The molecule has 0 aromatic heterocycles. The van der Waals surface area contributed by atoms with Crippen LogP contribution in [0.1, 0.15) is 11.1 Å². The predicted octanol–water partition coefficient (Wildman–Crippen LogP) is 7.38. The molecule has 0 saturated carbocycles. The Morgan fingerprint density at radius 3 is 1.70 bits per heavy atom. The first kappa shape index (κ1) is 17.1. The summed E-state index contributed by atoms with van der Waals surface area (Å²) in [7, 11) is 0. The maximum atomic E-state index is 3.61. The molecule has 4 rings (SSSR count). The summed E-state index contributed by atoms with van der Waals surface area (Å²) >= 11 is 0. The zero-order chi connectivity index (χ0) is 18.6. The van der Waals surface area contributed by atoms with Crippen LogP contribution in [0, 0.1) is 13.8 Å². The van der Waals surface area contributed by atoms with Crippen molar-refractivity contribution in [2.45, 2.75) is 13.8 Å². The Bertz CT molecular complexity index is 1030. The van der Waals surface area contributed by atoms with E-state index in [1.165, 1.54) is 33.4 Å². The number of hydrogen-bond acceptors (Lipinski definition) is 1. The highest BCUT2D eigenvalue weighted by Gasteiger charge is 2.08. The molecule has 0 saturated heterocycles. The van der Waals surface area contributed by atoms with Gasteiger partial charge in [0.1, 0.15) is 0 Å². The van der Waals surface area contributed by atoms with E-state index >= 15 is 0 Å². The highest BCUT2D eigenvalue weighted by Crippen LogP contribution is 2.34. The van der Waals surface area contributed by atoms with E-state index in [0.29, 0.717) is 0 Å². The number of hydrogen-bond donors (Lipinski definition) is 1. The molecule has 4 aromatic rings. The third-order valence-electron chi connectivity index (χ3n) is 4.82. The molecule has 0 aliphatic carbocycles. The molecule has 132 valence electrons. The number of aryl methyl sites for hydroxylation is 2. The molecule has 0 unspecified atom stereocenters. The Kier molecular flexibility index (Phi) is 4.76. The van der Waals surface area contributed by atoms with Crippen molar-refractivity contribution in [3.63, 3.8) is 0 Å². The van der Waals surface area contributed by atoms with Gasteiger partial charge in [0.05, 0.1) is 0 Å². The van der Waals surface area contributed by atoms with Crippen LogP contribution in [0.4, 0.5) is 11.4 Å². The first-order valence-corrected chi connectivity index (χ1v) is 9.29. The Hall–Kier alpha value is -3.32. The van der Waals surface area contributed by atoms with Crippen molar-refractivity contribution in [3.8, 4) is 22.3 Å². The molecule has 27 heavy (non-hydrogen) atoms. The van der Waals surface area contributed by atoms with Crippen molar-refractivity contribution in [2.75, 3.05) is 5.32 Å². The van der Waals surface area contributed by atoms with Gasteiger partial charge in [-0.25, -0.2) is 0 Å². The van der Waals surface area contributed by atoms with Gasteiger partial charge in [-0.2, -0.15) is 0 Å². The molecule has 0 aliphatic rings. The van der Waals surface area contributed by atoms with Crippen LogP contribution in [0.3, 0.4) is 0 Å². The lowest BCUT2D eigenvalue weighted by molar-refractivity contribution is 1.45. The third kappa shape index (κ3) is 3.93. The molecular formula is C26H23N. The van der Waals surface area contributed by atoms with E-state index in [2.05, 4.69) is 110 Å². The van der Waals surface area contributed by atoms with Crippen molar-refractivity contribution in [1.82, 2.24) is 0 Å². The molecule has 0 fully saturated rings. The Labute approximate surface area is 161 Å². The second-order valence-electron chi connectivity index (χ2n) is 6.98. The Morgan fingerprint density at radius 2 is 1.07 bits per heavy atom. The minimum Gasteiger partial charge on any atom is -0.355 e. The monoisotopic (exact) mass is 349 g/mol. The van der Waals surface area contributed by atoms with E-state index in [1.54, 1.807) is 0 Å². The zero-order valence-corrected chi connectivity index (χ0v) is 15.7. The standard InChI is InChI=1S/C26H23N/c1-19-8-12-21(13-9-19)23-16-17-25(22-14-10-20(2)11-15-22)26(18-23)27-24-6-4-3-5-7-24/h3-18,27H,1-2H3. The SMILES string of the molecule is Cc1ccc(-c2ccc(-c3ccc(C)cc3)c(Nc3ccccc3)c2)cc1. The fraction of sp³-hybridized carbons (Fsp3) is 0.0769. The maximum absolute atomic E-state index is 3.61. The first-order chi connectivity index (χ1) is 13.2. The van der Waals surface area contributed by atoms with E-state index in [4.69, 9.17) is 0 Å². The lowest BCUT2D eigenvalue weighted by atomic mass is 9.97. The average molecular weight is 349 g/mol. The normalized spacial score (nSPS) is 10.6. The summed E-state index contributed by atoms with van der Waals surface area (Å²) in [5, 5.41) is 3.61. The zero-order valence-electron chi connectivity index (χ0n) is 15.7. The minimum absolute atomic E-state index is 1.09. The van der Waals surface area contributed by atoms with Crippen LogP contribution in [0.2, 0.25) is 0 Å². The van der Waals surface area contributed by atoms with Gasteiger partial charge in [-0.05, 0) is 48.7 Å². The maximum Gasteiger partial charge on any atom is 0.0470 e. The molecule has 0 aliphatic heterocycles. The molecule has 0 spiro atoms. The molecule has 0 radical (unpaired) electrons. The van der Waals surface area contributed by atoms with E-state index in [-0.39, 0.29) is 0 Å². The van der Waals surface area contributed by atoms with E-state index in [0.717, 1.165) is 11.4 Å². The molecule has 0 amide bonds. The summed E-state index contributed by atoms with van der Waals surface area (Å²) < 4.78 is 0. The second kappa shape index (κ2) is 7.51. The molecule has 1 N–H and O–H groups in total. The number of rotatable bonds is 4. The van der Waals surface area contributed by atoms with Gasteiger partial charge >= 0.3 is 0 Å². The first-order valence-electron chi connectivity index (χ1n) is 9.29. The molecule has 0 heterocycles. The summed E-state index contributed by atoms with van der Waals surface area (Å²) in [6, 6.07) is 34.4. The molecule has 1 nitrogen and oxygen atoms in total. The lowest BCUT2D eigenvalue weighted by Gasteiger charge is -2.15. The van der Waals surface area contributed by atoms with Gasteiger partial charge in [0.25, 0.3) is 0 Å². The minimum atomic E-state index is 1.09. The average Bonchev–Trinajstić information content (AvgIpc) is 2.70. The molecule has 0 bridgehead atoms. The summed E-state index contributed by atoms with van der Waals surface area (Å²) in [5.41, 5.74) is 9.61. The van der Waals surface area contributed by atoms with Crippen molar-refractivity contribution in [1.29, 1.82) is 0 Å². The molecule has 0 atom stereocenters. The van der Waals surface area contributed by atoms with Gasteiger partial charge in [-0.1, -0.05) is 90.0 Å². The van der Waals surface area contributed by atoms with Gasteiger partial charge in [0.15, 0.2) is 0 Å². The van der Waals surface area contributed by atoms with Gasteiger partial charge in [-0.15, -0.1) is 0 Å². The second-order valence-corrected chi connectivity index (χ2v) is 6.98. The highest BCUT2D eigenvalue weighted by molar-refractivity contribution is 5.85. The largest absolute Gasteiger partial charge is 0.355 e. The van der Waals surface area contributed by atoms with Gasteiger partial charge in [0, 0.05) is 16.9 Å².